The fraction of sp³-hybridized carbons (Fsp3) is 0.360. The number of carboxylic acids is 1. The van der Waals surface area contributed by atoms with Crippen LogP contribution in [0.5, 0.6) is 5.75 Å². The Labute approximate surface area is 219 Å². The van der Waals surface area contributed by atoms with Crippen LogP contribution in [-0.4, -0.2) is 45.6 Å². The van der Waals surface area contributed by atoms with Crippen LogP contribution >= 0.6 is 23.2 Å². The molecule has 2 aromatic carbocycles. The topological polar surface area (TPSA) is 155 Å². The Kier molecular flexibility index (Phi) is 11.5. The molecule has 0 aliphatic carbocycles. The van der Waals surface area contributed by atoms with Gasteiger partial charge in [0.1, 0.15) is 17.6 Å². The molecule has 0 heterocycles. The number of aryl methyl sites for hydroxylation is 1. The SMILES string of the molecule is CCCCC(=NC[C@H](NC(=O)c1c(Cl)cc(CCC(O)c2cccc(O)c2)cc1Cl)C(=O)O)NC#N. The standard InChI is InChI=1S/C25H28Cl2N4O5/c1-2-3-7-22(30-14-28)29-13-20(25(35)36)31-24(34)23-18(26)10-15(11-19(23)27)8-9-21(33)16-5-4-6-17(32)12-16/h4-6,10-12,20-21,32-33H,2-3,7-9,13H2,1H3,(H,29,30)(H,31,34)(H,35,36)/t20-,21?/m0/s1. The molecule has 2 rings (SSSR count). The minimum atomic E-state index is -1.36. The number of aliphatic carboxylic acids is 1. The van der Waals surface area contributed by atoms with E-state index in [1.807, 2.05) is 6.92 Å². The molecule has 11 heteroatoms. The Morgan fingerprint density at radius 1 is 1.19 bits per heavy atom. The summed E-state index contributed by atoms with van der Waals surface area (Å²) in [4.78, 5) is 28.6. The second-order valence-electron chi connectivity index (χ2n) is 8.08. The van der Waals surface area contributed by atoms with Crippen molar-refractivity contribution in [3.05, 3.63) is 63.1 Å². The number of amides is 1. The Morgan fingerprint density at radius 3 is 2.47 bits per heavy atom. The van der Waals surface area contributed by atoms with Gasteiger partial charge < -0.3 is 20.6 Å². The number of amidine groups is 1. The number of halogens is 2. The number of nitrogens with zero attached hydrogens (tertiary/aromatic N) is 2. The number of rotatable bonds is 12. The zero-order chi connectivity index (χ0) is 26.7. The van der Waals surface area contributed by atoms with E-state index >= 15 is 0 Å². The van der Waals surface area contributed by atoms with Gasteiger partial charge in [-0.1, -0.05) is 48.7 Å². The number of unbranched alkanes of at least 4 members (excludes halogenated alkanes) is 1. The van der Waals surface area contributed by atoms with E-state index in [9.17, 15) is 24.9 Å². The number of nitrogens with one attached hydrogen (secondary N) is 2. The smallest absolute Gasteiger partial charge is 0.328 e. The second kappa shape index (κ2) is 14.3. The quantitative estimate of drug-likeness (QED) is 0.118. The Morgan fingerprint density at radius 2 is 1.89 bits per heavy atom. The molecular formula is C25H28Cl2N4O5. The number of benzene rings is 2. The summed E-state index contributed by atoms with van der Waals surface area (Å²) in [6.45, 7) is 1.69. The fourth-order valence-corrected chi connectivity index (χ4v) is 4.10. The highest BCUT2D eigenvalue weighted by Crippen LogP contribution is 2.29. The number of carbonyl (C=O) groups is 2. The van der Waals surface area contributed by atoms with Crippen LogP contribution < -0.4 is 10.6 Å². The van der Waals surface area contributed by atoms with Crippen molar-refractivity contribution in [1.29, 1.82) is 5.26 Å². The molecule has 0 aromatic heterocycles. The summed E-state index contributed by atoms with van der Waals surface area (Å²) in [5.41, 5.74) is 1.16. The van der Waals surface area contributed by atoms with Crippen LogP contribution in [0.15, 0.2) is 41.4 Å². The molecule has 0 aliphatic heterocycles. The van der Waals surface area contributed by atoms with Gasteiger partial charge in [0.25, 0.3) is 5.91 Å². The van der Waals surface area contributed by atoms with Crippen molar-refractivity contribution in [3.63, 3.8) is 0 Å². The molecular weight excluding hydrogens is 507 g/mol. The number of carbonyl (C=O) groups excluding carboxylic acids is 1. The molecule has 5 N–H and O–H groups in total. The van der Waals surface area contributed by atoms with E-state index in [1.54, 1.807) is 18.3 Å². The van der Waals surface area contributed by atoms with Gasteiger partial charge in [-0.2, -0.15) is 5.26 Å². The lowest BCUT2D eigenvalue weighted by molar-refractivity contribution is -0.138. The average molecular weight is 535 g/mol. The number of aliphatic hydroxyl groups is 1. The lowest BCUT2D eigenvalue weighted by atomic mass is 10.00. The summed E-state index contributed by atoms with van der Waals surface area (Å²) < 4.78 is 0. The van der Waals surface area contributed by atoms with E-state index in [2.05, 4.69) is 15.6 Å². The number of hydrogen-bond donors (Lipinski definition) is 5. The van der Waals surface area contributed by atoms with Crippen molar-refractivity contribution in [2.24, 2.45) is 4.99 Å². The van der Waals surface area contributed by atoms with Gasteiger partial charge in [-0.25, -0.2) is 4.79 Å². The predicted molar refractivity (Wildman–Crippen MR) is 137 cm³/mol. The molecule has 1 amide bonds. The van der Waals surface area contributed by atoms with Crippen LogP contribution in [0.25, 0.3) is 0 Å². The van der Waals surface area contributed by atoms with Crippen LogP contribution in [0, 0.1) is 11.5 Å². The lowest BCUT2D eigenvalue weighted by Gasteiger charge is -2.16. The molecule has 2 atom stereocenters. The van der Waals surface area contributed by atoms with Crippen LogP contribution in [0.2, 0.25) is 10.0 Å². The molecule has 36 heavy (non-hydrogen) atoms. The number of nitriles is 1. The third-order valence-corrected chi connectivity index (χ3v) is 5.92. The normalized spacial score (nSPS) is 12.9. The van der Waals surface area contributed by atoms with E-state index < -0.39 is 24.0 Å². The molecule has 0 fully saturated rings. The maximum Gasteiger partial charge on any atom is 0.328 e. The maximum absolute atomic E-state index is 12.8. The van der Waals surface area contributed by atoms with Crippen molar-refractivity contribution >= 4 is 40.9 Å². The summed E-state index contributed by atoms with van der Waals surface area (Å²) in [5, 5.41) is 43.2. The lowest BCUT2D eigenvalue weighted by Crippen LogP contribution is -2.43. The second-order valence-corrected chi connectivity index (χ2v) is 8.89. The van der Waals surface area contributed by atoms with Crippen molar-refractivity contribution in [3.8, 4) is 11.9 Å². The average Bonchev–Trinajstić information content (AvgIpc) is 2.82. The highest BCUT2D eigenvalue weighted by atomic mass is 35.5. The first-order valence-electron chi connectivity index (χ1n) is 11.3. The Hall–Kier alpha value is -3.32. The van der Waals surface area contributed by atoms with E-state index in [0.29, 0.717) is 36.2 Å². The zero-order valence-corrected chi connectivity index (χ0v) is 21.2. The van der Waals surface area contributed by atoms with Crippen molar-refractivity contribution in [2.45, 2.75) is 51.2 Å². The van der Waals surface area contributed by atoms with Gasteiger partial charge in [0, 0.05) is 6.42 Å². The van der Waals surface area contributed by atoms with E-state index in [-0.39, 0.29) is 27.9 Å². The molecule has 192 valence electrons. The van der Waals surface area contributed by atoms with Crippen LogP contribution in [0.3, 0.4) is 0 Å². The summed E-state index contributed by atoms with van der Waals surface area (Å²) >= 11 is 12.6. The molecule has 0 saturated heterocycles. The first kappa shape index (κ1) is 28.9. The summed E-state index contributed by atoms with van der Waals surface area (Å²) in [7, 11) is 0. The molecule has 0 aliphatic rings. The third-order valence-electron chi connectivity index (χ3n) is 5.33. The van der Waals surface area contributed by atoms with Gasteiger partial charge >= 0.3 is 5.97 Å². The first-order chi connectivity index (χ1) is 17.2. The summed E-state index contributed by atoms with van der Waals surface area (Å²) in [5.74, 6) is -1.68. The molecule has 0 saturated carbocycles. The zero-order valence-electron chi connectivity index (χ0n) is 19.7. The maximum atomic E-state index is 12.8. The van der Waals surface area contributed by atoms with E-state index in [1.165, 1.54) is 24.3 Å². The van der Waals surface area contributed by atoms with E-state index in [4.69, 9.17) is 28.5 Å². The molecule has 2 aromatic rings. The van der Waals surface area contributed by atoms with Gasteiger partial charge in [-0.15, -0.1) is 0 Å². The predicted octanol–water partition coefficient (Wildman–Crippen LogP) is 4.21. The molecule has 0 radical (unpaired) electrons. The van der Waals surface area contributed by atoms with Gasteiger partial charge in [0.15, 0.2) is 6.19 Å². The number of carboxylic acid groups (broad SMARTS) is 1. The Balaban J connectivity index is 2.10. The molecule has 0 bridgehead atoms. The van der Waals surface area contributed by atoms with Crippen LogP contribution in [-0.2, 0) is 11.2 Å². The van der Waals surface area contributed by atoms with Crippen LogP contribution in [0.4, 0.5) is 0 Å². The summed E-state index contributed by atoms with van der Waals surface area (Å²) in [6, 6.07) is 8.02. The van der Waals surface area contributed by atoms with Gasteiger partial charge in [-0.3, -0.25) is 15.1 Å². The van der Waals surface area contributed by atoms with Gasteiger partial charge in [-0.05, 0) is 54.7 Å². The third kappa shape index (κ3) is 8.72. The minimum Gasteiger partial charge on any atom is -0.508 e. The number of aliphatic hydroxyl groups excluding tert-OH is 1. The number of aliphatic imine (C=N–C) groups is 1. The fourth-order valence-electron chi connectivity index (χ4n) is 3.40. The minimum absolute atomic E-state index is 0.0317. The molecule has 0 spiro atoms. The highest BCUT2D eigenvalue weighted by molar-refractivity contribution is 6.39. The number of aromatic hydroxyl groups is 1. The van der Waals surface area contributed by atoms with Gasteiger partial charge in [0.2, 0.25) is 0 Å². The molecule has 9 nitrogen and oxygen atoms in total. The largest absolute Gasteiger partial charge is 0.508 e. The van der Waals surface area contributed by atoms with E-state index in [0.717, 1.165) is 12.8 Å². The number of hydrogen-bond acceptors (Lipinski definition) is 6. The first-order valence-corrected chi connectivity index (χ1v) is 12.1. The number of phenolic OH excluding ortho intramolecular Hbond substituents is 1. The number of phenols is 1. The Bertz CT molecular complexity index is 1130. The highest BCUT2D eigenvalue weighted by Gasteiger charge is 2.24. The monoisotopic (exact) mass is 534 g/mol. The van der Waals surface area contributed by atoms with Gasteiger partial charge in [0.05, 0.1) is 28.3 Å². The molecule has 1 unspecified atom stereocenters. The van der Waals surface area contributed by atoms with Crippen molar-refractivity contribution in [2.75, 3.05) is 6.54 Å². The van der Waals surface area contributed by atoms with Crippen molar-refractivity contribution < 1.29 is 24.9 Å². The summed E-state index contributed by atoms with van der Waals surface area (Å²) in [6.07, 6.45) is 3.75. The van der Waals surface area contributed by atoms with Crippen LogP contribution in [0.1, 0.15) is 60.2 Å². The van der Waals surface area contributed by atoms with Crippen molar-refractivity contribution in [1.82, 2.24) is 10.6 Å².